The standard InChI is InChI=1S/C10H10F2N/c11-8-3-4-10(9(12)7-8)13-5-1-2-6-13/h4,7H,1-2,5-6H2. The second-order valence-electron chi connectivity index (χ2n) is 3.21. The predicted octanol–water partition coefficient (Wildman–Crippen LogP) is 2.37. The van der Waals surface area contributed by atoms with Gasteiger partial charge in [-0.25, -0.2) is 8.78 Å². The largest absolute Gasteiger partial charge is 0.369 e. The summed E-state index contributed by atoms with van der Waals surface area (Å²) in [5.41, 5.74) is 0.471. The number of rotatable bonds is 1. The Morgan fingerprint density at radius 2 is 1.92 bits per heavy atom. The summed E-state index contributed by atoms with van der Waals surface area (Å²) >= 11 is 0. The van der Waals surface area contributed by atoms with Crippen LogP contribution in [0.3, 0.4) is 0 Å². The summed E-state index contributed by atoms with van der Waals surface area (Å²) < 4.78 is 25.7. The van der Waals surface area contributed by atoms with E-state index in [1.54, 1.807) is 0 Å². The number of benzene rings is 1. The summed E-state index contributed by atoms with van der Waals surface area (Å²) in [5, 5.41) is 0. The average molecular weight is 182 g/mol. The van der Waals surface area contributed by atoms with E-state index in [1.165, 1.54) is 6.07 Å². The first kappa shape index (κ1) is 8.48. The fraction of sp³-hybridized carbons (Fsp3) is 0.400. The van der Waals surface area contributed by atoms with E-state index in [0.29, 0.717) is 5.69 Å². The number of nitrogens with zero attached hydrogens (tertiary/aromatic N) is 1. The smallest absolute Gasteiger partial charge is 0.149 e. The summed E-state index contributed by atoms with van der Waals surface area (Å²) in [7, 11) is 0. The molecular formula is C10H10F2N. The highest BCUT2D eigenvalue weighted by Crippen LogP contribution is 2.23. The van der Waals surface area contributed by atoms with Gasteiger partial charge in [0.15, 0.2) is 0 Å². The normalized spacial score (nSPS) is 16.6. The van der Waals surface area contributed by atoms with Crippen LogP contribution in [0.25, 0.3) is 0 Å². The fourth-order valence-electron chi connectivity index (χ4n) is 1.63. The van der Waals surface area contributed by atoms with Crippen LogP contribution < -0.4 is 4.90 Å². The van der Waals surface area contributed by atoms with Crippen LogP contribution in [0.1, 0.15) is 12.8 Å². The molecule has 0 unspecified atom stereocenters. The molecule has 13 heavy (non-hydrogen) atoms. The van der Waals surface area contributed by atoms with Crippen molar-refractivity contribution in [1.29, 1.82) is 0 Å². The maximum atomic E-state index is 13.2. The van der Waals surface area contributed by atoms with Gasteiger partial charge in [-0.2, -0.15) is 0 Å². The molecule has 69 valence electrons. The molecular weight excluding hydrogens is 172 g/mol. The zero-order valence-corrected chi connectivity index (χ0v) is 7.19. The van der Waals surface area contributed by atoms with E-state index >= 15 is 0 Å². The first-order valence-electron chi connectivity index (χ1n) is 4.39. The van der Waals surface area contributed by atoms with E-state index in [9.17, 15) is 8.78 Å². The Balaban J connectivity index is 2.29. The van der Waals surface area contributed by atoms with Crippen molar-refractivity contribution in [3.8, 4) is 0 Å². The van der Waals surface area contributed by atoms with Crippen LogP contribution in [-0.2, 0) is 0 Å². The lowest BCUT2D eigenvalue weighted by molar-refractivity contribution is 0.580. The first-order chi connectivity index (χ1) is 6.27. The molecule has 1 saturated heterocycles. The van der Waals surface area contributed by atoms with Crippen molar-refractivity contribution in [2.24, 2.45) is 0 Å². The quantitative estimate of drug-likeness (QED) is 0.644. The molecule has 1 aromatic carbocycles. The Bertz CT molecular complexity index is 306. The topological polar surface area (TPSA) is 3.24 Å². The lowest BCUT2D eigenvalue weighted by Gasteiger charge is -2.17. The summed E-state index contributed by atoms with van der Waals surface area (Å²) in [6, 6.07) is 4.64. The first-order valence-corrected chi connectivity index (χ1v) is 4.39. The second kappa shape index (κ2) is 3.32. The van der Waals surface area contributed by atoms with E-state index in [4.69, 9.17) is 0 Å². The van der Waals surface area contributed by atoms with Crippen molar-refractivity contribution in [1.82, 2.24) is 0 Å². The zero-order chi connectivity index (χ0) is 9.26. The Labute approximate surface area is 76.0 Å². The second-order valence-corrected chi connectivity index (χ2v) is 3.21. The van der Waals surface area contributed by atoms with Gasteiger partial charge >= 0.3 is 0 Å². The molecule has 0 amide bonds. The molecule has 1 fully saturated rings. The van der Waals surface area contributed by atoms with Crippen molar-refractivity contribution >= 4 is 5.69 Å². The van der Waals surface area contributed by atoms with Crippen molar-refractivity contribution in [3.63, 3.8) is 0 Å². The average Bonchev–Trinajstić information content (AvgIpc) is 2.56. The van der Waals surface area contributed by atoms with Gasteiger partial charge in [0.05, 0.1) is 5.69 Å². The van der Waals surface area contributed by atoms with Crippen LogP contribution in [0.15, 0.2) is 12.1 Å². The highest BCUT2D eigenvalue weighted by molar-refractivity contribution is 5.48. The summed E-state index contributed by atoms with van der Waals surface area (Å²) in [4.78, 5) is 1.92. The molecule has 0 saturated carbocycles. The van der Waals surface area contributed by atoms with Gasteiger partial charge in [-0.05, 0) is 18.9 Å². The molecule has 1 nitrogen and oxygen atoms in total. The molecule has 1 aliphatic rings. The summed E-state index contributed by atoms with van der Waals surface area (Å²) in [5.74, 6) is -1.13. The third-order valence-corrected chi connectivity index (χ3v) is 2.29. The van der Waals surface area contributed by atoms with Crippen LogP contribution in [0.5, 0.6) is 0 Å². The van der Waals surface area contributed by atoms with Gasteiger partial charge < -0.3 is 4.90 Å². The van der Waals surface area contributed by atoms with E-state index < -0.39 is 11.6 Å². The van der Waals surface area contributed by atoms with Gasteiger partial charge in [0.25, 0.3) is 0 Å². The minimum atomic E-state index is -0.638. The third kappa shape index (κ3) is 1.64. The lowest BCUT2D eigenvalue weighted by Crippen LogP contribution is -2.18. The zero-order valence-electron chi connectivity index (χ0n) is 7.19. The van der Waals surface area contributed by atoms with E-state index in [2.05, 4.69) is 6.07 Å². The van der Waals surface area contributed by atoms with Gasteiger partial charge in [-0.15, -0.1) is 0 Å². The highest BCUT2D eigenvalue weighted by Gasteiger charge is 2.15. The predicted molar refractivity (Wildman–Crippen MR) is 46.6 cm³/mol. The van der Waals surface area contributed by atoms with Crippen LogP contribution in [0, 0.1) is 17.7 Å². The van der Waals surface area contributed by atoms with E-state index in [-0.39, 0.29) is 0 Å². The molecule has 0 atom stereocenters. The molecule has 0 aromatic heterocycles. The molecule has 2 rings (SSSR count). The molecule has 0 spiro atoms. The molecule has 0 bridgehead atoms. The molecule has 0 N–H and O–H groups in total. The van der Waals surface area contributed by atoms with Crippen molar-refractivity contribution in [2.75, 3.05) is 18.0 Å². The molecule has 1 aliphatic heterocycles. The molecule has 1 radical (unpaired) electrons. The molecule has 0 aliphatic carbocycles. The lowest BCUT2D eigenvalue weighted by atomic mass is 10.3. The fourth-order valence-corrected chi connectivity index (χ4v) is 1.63. The van der Waals surface area contributed by atoms with Crippen LogP contribution in [-0.4, -0.2) is 13.1 Å². The van der Waals surface area contributed by atoms with Crippen LogP contribution in [0.2, 0.25) is 0 Å². The Kier molecular flexibility index (Phi) is 2.17. The molecule has 1 heterocycles. The maximum absolute atomic E-state index is 13.2. The number of anilines is 1. The van der Waals surface area contributed by atoms with E-state index in [0.717, 1.165) is 32.0 Å². The third-order valence-electron chi connectivity index (χ3n) is 2.29. The maximum Gasteiger partial charge on any atom is 0.149 e. The van der Waals surface area contributed by atoms with E-state index in [1.807, 2.05) is 4.90 Å². The van der Waals surface area contributed by atoms with Crippen molar-refractivity contribution in [2.45, 2.75) is 12.8 Å². The molecule has 1 aromatic rings. The van der Waals surface area contributed by atoms with Gasteiger partial charge in [0.1, 0.15) is 11.6 Å². The molecule has 3 heteroatoms. The van der Waals surface area contributed by atoms with Gasteiger partial charge in [0, 0.05) is 25.2 Å². The Hall–Kier alpha value is -1.12. The van der Waals surface area contributed by atoms with Gasteiger partial charge in [0.2, 0.25) is 0 Å². The Morgan fingerprint density at radius 1 is 1.23 bits per heavy atom. The SMILES string of the molecule is Fc1[c]cc(N2CCCC2)c(F)c1. The number of halogens is 2. The summed E-state index contributed by atoms with van der Waals surface area (Å²) in [6.07, 6.45) is 2.16. The minimum absolute atomic E-state index is 0.471. The monoisotopic (exact) mass is 182 g/mol. The minimum Gasteiger partial charge on any atom is -0.369 e. The van der Waals surface area contributed by atoms with Crippen molar-refractivity contribution < 1.29 is 8.78 Å². The van der Waals surface area contributed by atoms with Crippen LogP contribution in [0.4, 0.5) is 14.5 Å². The van der Waals surface area contributed by atoms with Gasteiger partial charge in [-0.1, -0.05) is 0 Å². The highest BCUT2D eigenvalue weighted by atomic mass is 19.1. The summed E-state index contributed by atoms with van der Waals surface area (Å²) in [6.45, 7) is 1.72. The van der Waals surface area contributed by atoms with Gasteiger partial charge in [-0.3, -0.25) is 0 Å². The number of hydrogen-bond donors (Lipinski definition) is 0. The van der Waals surface area contributed by atoms with Crippen LogP contribution >= 0.6 is 0 Å². The van der Waals surface area contributed by atoms with Crippen molar-refractivity contribution in [3.05, 3.63) is 29.8 Å². The Morgan fingerprint density at radius 3 is 2.54 bits per heavy atom. The number of hydrogen-bond acceptors (Lipinski definition) is 1.